The largest absolute Gasteiger partial charge is 0.513 e. The van der Waals surface area contributed by atoms with Crippen LogP contribution in [0.5, 0.6) is 11.5 Å². The maximum atomic E-state index is 13.8. The summed E-state index contributed by atoms with van der Waals surface area (Å²) < 4.78 is 23.5. The van der Waals surface area contributed by atoms with Crippen LogP contribution in [0.4, 0.5) is 9.59 Å². The zero-order valence-electron chi connectivity index (χ0n) is 24.1. The van der Waals surface area contributed by atoms with Crippen LogP contribution in [0.1, 0.15) is 35.8 Å². The molecule has 2 aromatic rings. The van der Waals surface area contributed by atoms with Crippen molar-refractivity contribution in [2.24, 2.45) is 0 Å². The third-order valence-corrected chi connectivity index (χ3v) is 8.58. The minimum Gasteiger partial charge on any atom is -0.480 e. The normalized spacial score (nSPS) is 22.0. The molecule has 0 aliphatic carbocycles. The van der Waals surface area contributed by atoms with Crippen LogP contribution < -0.4 is 20.1 Å². The van der Waals surface area contributed by atoms with E-state index in [1.54, 1.807) is 44.2 Å². The van der Waals surface area contributed by atoms with E-state index in [2.05, 4.69) is 20.1 Å². The van der Waals surface area contributed by atoms with Crippen molar-refractivity contribution in [2.75, 3.05) is 21.3 Å². The van der Waals surface area contributed by atoms with Gasteiger partial charge in [-0.3, -0.25) is 14.4 Å². The number of carboxylic acid groups (broad SMARTS) is 1. The Morgan fingerprint density at radius 1 is 0.932 bits per heavy atom. The molecule has 234 valence electrons. The molecule has 0 aromatic heterocycles. The Kier molecular flexibility index (Phi) is 9.06. The molecule has 0 spiro atoms. The second-order valence-electron chi connectivity index (χ2n) is 10.0. The SMILES string of the molecule is COC(=O)Oc1ccc(C(=O)NC(C(=O)N[C@]2(OC)C(=O)N3[C@@H](C(=O)O)C(C)(C)S[C@@H]32)c2ccccc2)cc1OC(=O)OC. The van der Waals surface area contributed by atoms with Crippen LogP contribution in [0, 0.1) is 0 Å². The van der Waals surface area contributed by atoms with Gasteiger partial charge in [0.1, 0.15) is 17.5 Å². The van der Waals surface area contributed by atoms with Gasteiger partial charge in [0.15, 0.2) is 11.5 Å². The first-order chi connectivity index (χ1) is 20.8. The van der Waals surface area contributed by atoms with E-state index in [0.717, 1.165) is 25.2 Å². The van der Waals surface area contributed by atoms with E-state index >= 15 is 0 Å². The number of carbonyl (C=O) groups excluding carboxylic acids is 5. The van der Waals surface area contributed by atoms with Crippen molar-refractivity contribution < 1.29 is 57.6 Å². The van der Waals surface area contributed by atoms with Gasteiger partial charge in [-0.25, -0.2) is 14.4 Å². The number of benzene rings is 2. The molecule has 2 heterocycles. The van der Waals surface area contributed by atoms with Crippen LogP contribution in [-0.2, 0) is 28.6 Å². The van der Waals surface area contributed by atoms with Gasteiger partial charge in [-0.2, -0.15) is 0 Å². The Labute approximate surface area is 255 Å². The number of carbonyl (C=O) groups is 6. The van der Waals surface area contributed by atoms with Crippen LogP contribution in [0.25, 0.3) is 0 Å². The number of β-lactam (4-membered cyclic amide) rings is 1. The smallest absolute Gasteiger partial charge is 0.480 e. The van der Waals surface area contributed by atoms with Gasteiger partial charge in [0.2, 0.25) is 5.91 Å². The van der Waals surface area contributed by atoms with Crippen LogP contribution in [-0.4, -0.2) is 89.2 Å². The molecule has 44 heavy (non-hydrogen) atoms. The molecule has 16 heteroatoms. The van der Waals surface area contributed by atoms with Crippen molar-refractivity contribution in [1.29, 1.82) is 0 Å². The molecule has 0 saturated carbocycles. The zero-order chi connectivity index (χ0) is 32.4. The molecule has 3 amide bonds. The van der Waals surface area contributed by atoms with Gasteiger partial charge in [0, 0.05) is 17.4 Å². The highest BCUT2D eigenvalue weighted by atomic mass is 32.2. The second kappa shape index (κ2) is 12.4. The number of nitrogens with one attached hydrogen (secondary N) is 2. The lowest BCUT2D eigenvalue weighted by Gasteiger charge is -2.51. The average Bonchev–Trinajstić information content (AvgIpc) is 3.27. The van der Waals surface area contributed by atoms with Gasteiger partial charge in [0.25, 0.3) is 17.5 Å². The molecule has 2 aliphatic rings. The molecule has 0 radical (unpaired) electrons. The molecular formula is C28H29N3O12S. The summed E-state index contributed by atoms with van der Waals surface area (Å²) >= 11 is 1.17. The van der Waals surface area contributed by atoms with Gasteiger partial charge in [-0.1, -0.05) is 30.3 Å². The molecule has 1 unspecified atom stereocenters. The van der Waals surface area contributed by atoms with Crippen LogP contribution in [0.15, 0.2) is 48.5 Å². The first-order valence-corrected chi connectivity index (χ1v) is 13.8. The van der Waals surface area contributed by atoms with Crippen molar-refractivity contribution in [3.63, 3.8) is 0 Å². The van der Waals surface area contributed by atoms with Crippen LogP contribution in [0.3, 0.4) is 0 Å². The van der Waals surface area contributed by atoms with Gasteiger partial charge < -0.3 is 44.3 Å². The number of fused-ring (bicyclic) bond motifs is 1. The minimum absolute atomic E-state index is 0.111. The Balaban J connectivity index is 1.63. The summed E-state index contributed by atoms with van der Waals surface area (Å²) in [5, 5.41) is 14.1. The summed E-state index contributed by atoms with van der Waals surface area (Å²) in [7, 11) is 3.33. The fraction of sp³-hybridized carbons (Fsp3) is 0.357. The number of hydrogen-bond acceptors (Lipinski definition) is 12. The predicted molar refractivity (Wildman–Crippen MR) is 151 cm³/mol. The Morgan fingerprint density at radius 2 is 1.55 bits per heavy atom. The number of nitrogens with zero attached hydrogens (tertiary/aromatic N) is 1. The number of carboxylic acids is 1. The van der Waals surface area contributed by atoms with Crippen molar-refractivity contribution >= 4 is 47.8 Å². The quantitative estimate of drug-likeness (QED) is 0.158. The highest BCUT2D eigenvalue weighted by molar-refractivity contribution is 8.01. The molecule has 2 fully saturated rings. The van der Waals surface area contributed by atoms with Crippen molar-refractivity contribution in [3.05, 3.63) is 59.7 Å². The molecule has 4 atom stereocenters. The van der Waals surface area contributed by atoms with E-state index in [-0.39, 0.29) is 17.1 Å². The number of amides is 3. The van der Waals surface area contributed by atoms with E-state index in [1.807, 2.05) is 0 Å². The minimum atomic E-state index is -1.89. The first kappa shape index (κ1) is 32.1. The van der Waals surface area contributed by atoms with E-state index in [0.29, 0.717) is 5.56 Å². The lowest BCUT2D eigenvalue weighted by Crippen LogP contribution is -2.80. The highest BCUT2D eigenvalue weighted by Gasteiger charge is 2.73. The molecule has 3 N–H and O–H groups in total. The third kappa shape index (κ3) is 5.85. The first-order valence-electron chi connectivity index (χ1n) is 12.9. The topological polar surface area (TPSA) is 196 Å². The number of aliphatic carboxylic acids is 1. The van der Waals surface area contributed by atoms with Crippen LogP contribution in [0.2, 0.25) is 0 Å². The standard InChI is InChI=1S/C28H29N3O12S/c1-27(2)19(22(34)35)31-23(36)28(41-5,24(31)44-27)30-21(33)18(14-9-7-6-8-10-14)29-20(32)15-11-12-16(42-25(37)39-3)17(13-15)43-26(38)40-4/h6-13,18-19,24H,1-5H3,(H,29,32)(H,30,33)(H,34,35)/t18?,19-,24+,28-/m0/s1. The van der Waals surface area contributed by atoms with E-state index in [4.69, 9.17) is 14.2 Å². The lowest BCUT2D eigenvalue weighted by molar-refractivity contribution is -0.201. The monoisotopic (exact) mass is 631 g/mol. The predicted octanol–water partition coefficient (Wildman–Crippen LogP) is 2.05. The summed E-state index contributed by atoms with van der Waals surface area (Å²) in [4.78, 5) is 77.1. The van der Waals surface area contributed by atoms with Gasteiger partial charge in [-0.05, 0) is 37.6 Å². The molecule has 2 aromatic carbocycles. The summed E-state index contributed by atoms with van der Waals surface area (Å²) in [6, 6.07) is 9.09. The third-order valence-electron chi connectivity index (χ3n) is 6.97. The summed E-state index contributed by atoms with van der Waals surface area (Å²) in [5.41, 5.74) is -1.66. The van der Waals surface area contributed by atoms with Crippen LogP contribution >= 0.6 is 11.8 Å². The van der Waals surface area contributed by atoms with Gasteiger partial charge in [-0.15, -0.1) is 11.8 Å². The number of rotatable bonds is 9. The Hall–Kier alpha value is -4.83. The fourth-order valence-corrected chi connectivity index (χ4v) is 6.55. The zero-order valence-corrected chi connectivity index (χ0v) is 25.0. The molecule has 4 rings (SSSR count). The maximum Gasteiger partial charge on any atom is 0.513 e. The Bertz CT molecular complexity index is 1500. The number of thioether (sulfide) groups is 1. The lowest BCUT2D eigenvalue weighted by atomic mass is 9.93. The molecule has 2 saturated heterocycles. The fourth-order valence-electron chi connectivity index (χ4n) is 4.88. The molecule has 15 nitrogen and oxygen atoms in total. The van der Waals surface area contributed by atoms with Crippen molar-refractivity contribution in [2.45, 2.75) is 41.8 Å². The number of hydrogen-bond donors (Lipinski definition) is 3. The van der Waals surface area contributed by atoms with Crippen molar-refractivity contribution in [1.82, 2.24) is 15.5 Å². The number of ether oxygens (including phenoxy) is 5. The average molecular weight is 632 g/mol. The van der Waals surface area contributed by atoms with Crippen molar-refractivity contribution in [3.8, 4) is 11.5 Å². The highest BCUT2D eigenvalue weighted by Crippen LogP contribution is 2.55. The summed E-state index contributed by atoms with van der Waals surface area (Å²) in [6.07, 6.45) is -2.28. The molecular weight excluding hydrogens is 602 g/mol. The second-order valence-corrected chi connectivity index (χ2v) is 11.8. The molecule has 2 aliphatic heterocycles. The maximum absolute atomic E-state index is 13.8. The van der Waals surface area contributed by atoms with E-state index in [9.17, 15) is 33.9 Å². The molecule has 0 bridgehead atoms. The van der Waals surface area contributed by atoms with E-state index < -0.39 is 63.9 Å². The van der Waals surface area contributed by atoms with Gasteiger partial charge in [0.05, 0.1) is 14.2 Å². The summed E-state index contributed by atoms with van der Waals surface area (Å²) in [6.45, 7) is 3.36. The van der Waals surface area contributed by atoms with Gasteiger partial charge >= 0.3 is 18.3 Å². The number of methoxy groups -OCH3 is 3. The Morgan fingerprint density at radius 3 is 2.11 bits per heavy atom. The summed E-state index contributed by atoms with van der Waals surface area (Å²) in [5.74, 6) is -4.20. The van der Waals surface area contributed by atoms with E-state index in [1.165, 1.54) is 31.0 Å².